The number of nitrogens with zero attached hydrogens (tertiary/aromatic N) is 7. The maximum atomic E-state index is 13.5. The molecular formula is C37H41N9O5. The molecule has 3 fully saturated rings. The molecule has 8 rings (SSSR count). The number of piperazine rings is 1. The first kappa shape index (κ1) is 32.7. The van der Waals surface area contributed by atoms with Crippen LogP contribution in [-0.4, -0.2) is 92.6 Å². The number of aromatic hydroxyl groups is 1. The Hall–Kier alpha value is -5.50. The van der Waals surface area contributed by atoms with Crippen molar-refractivity contribution in [2.45, 2.75) is 62.9 Å². The highest BCUT2D eigenvalue weighted by Crippen LogP contribution is 2.45. The summed E-state index contributed by atoms with van der Waals surface area (Å²) in [5.74, 6) is 1.04. The number of phenolic OH excluding ortho intramolecular Hbond substituents is 1. The van der Waals surface area contributed by atoms with Crippen molar-refractivity contribution in [3.8, 4) is 28.4 Å². The van der Waals surface area contributed by atoms with Gasteiger partial charge in [-0.15, -0.1) is 10.2 Å². The fraction of sp³-hybridized carbons (Fsp3) is 0.405. The first-order valence-electron chi connectivity index (χ1n) is 17.7. The van der Waals surface area contributed by atoms with E-state index in [1.54, 1.807) is 52.3 Å². The molecule has 0 spiro atoms. The van der Waals surface area contributed by atoms with Crippen LogP contribution in [0.1, 0.15) is 56.4 Å². The van der Waals surface area contributed by atoms with Crippen molar-refractivity contribution >= 4 is 34.9 Å². The molecule has 1 aliphatic carbocycles. The van der Waals surface area contributed by atoms with Crippen LogP contribution < -0.4 is 25.6 Å². The van der Waals surface area contributed by atoms with Gasteiger partial charge in [0.2, 0.25) is 17.7 Å². The molecule has 0 bridgehead atoms. The number of carbonyl (C=O) groups is 3. The van der Waals surface area contributed by atoms with Gasteiger partial charge in [-0.05, 0) is 74.3 Å². The number of fused-ring (bicyclic) bond motifs is 1. The number of benzene rings is 2. The number of imide groups is 1. The monoisotopic (exact) mass is 691 g/mol. The van der Waals surface area contributed by atoms with Crippen LogP contribution in [0, 0.1) is 0 Å². The van der Waals surface area contributed by atoms with Crippen molar-refractivity contribution in [1.29, 1.82) is 0 Å². The van der Waals surface area contributed by atoms with E-state index in [0.29, 0.717) is 80.1 Å². The van der Waals surface area contributed by atoms with Crippen molar-refractivity contribution in [2.24, 2.45) is 0 Å². The van der Waals surface area contributed by atoms with E-state index >= 15 is 0 Å². The van der Waals surface area contributed by atoms with Crippen LogP contribution in [-0.2, 0) is 14.4 Å². The standard InChI is InChI=1S/C37H41N9O5/c38-36-31(19-28(41-42-36)27-5-1-2-9-32(27)47)46-21-25(20-39-46)44-16-15-43(22-34(44)49)24-13-11-23(12-14-24)26-6-3-7-29-35(26)51-18-17-45(29)30-8-4-10-33(48)40-37(30)50/h1-3,5-7,9,19-21,23-24,30,47H,4,8,10-18,22H2,(H2,38,42)(H,40,48,50)/t23?,24?,30-/m1/s1. The second-order valence-corrected chi connectivity index (χ2v) is 13.7. The maximum Gasteiger partial charge on any atom is 0.249 e. The van der Waals surface area contributed by atoms with Gasteiger partial charge in [-0.2, -0.15) is 5.10 Å². The highest BCUT2D eigenvalue weighted by atomic mass is 16.5. The van der Waals surface area contributed by atoms with E-state index < -0.39 is 0 Å². The lowest BCUT2D eigenvalue weighted by Gasteiger charge is -2.42. The van der Waals surface area contributed by atoms with E-state index in [4.69, 9.17) is 10.5 Å². The first-order valence-corrected chi connectivity index (χ1v) is 17.7. The molecule has 14 heteroatoms. The minimum Gasteiger partial charge on any atom is -0.507 e. The minimum atomic E-state index is -0.385. The van der Waals surface area contributed by atoms with Crippen molar-refractivity contribution in [3.63, 3.8) is 0 Å². The van der Waals surface area contributed by atoms with Gasteiger partial charge in [0.1, 0.15) is 29.8 Å². The van der Waals surface area contributed by atoms with Gasteiger partial charge >= 0.3 is 0 Å². The Morgan fingerprint density at radius 3 is 2.59 bits per heavy atom. The Labute approximate surface area is 295 Å². The average Bonchev–Trinajstić information content (AvgIpc) is 3.56. The van der Waals surface area contributed by atoms with Crippen LogP contribution in [0.25, 0.3) is 16.9 Å². The van der Waals surface area contributed by atoms with Crippen LogP contribution in [0.2, 0.25) is 0 Å². The van der Waals surface area contributed by atoms with Gasteiger partial charge in [0, 0.05) is 31.1 Å². The fourth-order valence-electron chi connectivity index (χ4n) is 8.11. The number of hydrogen-bond donors (Lipinski definition) is 3. The lowest BCUT2D eigenvalue weighted by molar-refractivity contribution is -0.130. The quantitative estimate of drug-likeness (QED) is 0.253. The van der Waals surface area contributed by atoms with Crippen molar-refractivity contribution < 1.29 is 24.2 Å². The van der Waals surface area contributed by atoms with Crippen molar-refractivity contribution in [2.75, 3.05) is 48.3 Å². The molecular weight excluding hydrogens is 650 g/mol. The first-order chi connectivity index (χ1) is 24.8. The molecule has 3 aliphatic heterocycles. The maximum absolute atomic E-state index is 13.5. The number of amides is 3. The van der Waals surface area contributed by atoms with Gasteiger partial charge in [-0.1, -0.05) is 24.3 Å². The molecule has 2 aromatic heterocycles. The summed E-state index contributed by atoms with van der Waals surface area (Å²) >= 11 is 0. The van der Waals surface area contributed by atoms with Crippen LogP contribution >= 0.6 is 0 Å². The molecule has 14 nitrogen and oxygen atoms in total. The SMILES string of the molecule is Nc1nnc(-c2ccccc2O)cc1-n1cc(N2CCN(C3CCC(c4cccc5c4OCCN5[C@@H]4CCCC(=O)NC4=O)CC3)CC2=O)cn1. The molecule has 4 aliphatic rings. The van der Waals surface area contributed by atoms with E-state index in [9.17, 15) is 19.5 Å². The highest BCUT2D eigenvalue weighted by Gasteiger charge is 2.37. The number of nitrogens with two attached hydrogens (primary N) is 1. The molecule has 1 atom stereocenters. The number of para-hydroxylation sites is 2. The topological polar surface area (TPSA) is 172 Å². The largest absolute Gasteiger partial charge is 0.507 e. The molecule has 2 aromatic carbocycles. The van der Waals surface area contributed by atoms with Crippen LogP contribution in [0.5, 0.6) is 11.5 Å². The molecule has 51 heavy (non-hydrogen) atoms. The molecule has 3 amide bonds. The summed E-state index contributed by atoms with van der Waals surface area (Å²) in [4.78, 5) is 44.6. The van der Waals surface area contributed by atoms with E-state index in [1.807, 2.05) is 12.1 Å². The Bertz CT molecular complexity index is 1970. The zero-order chi connectivity index (χ0) is 35.1. The van der Waals surface area contributed by atoms with Crippen LogP contribution in [0.3, 0.4) is 0 Å². The highest BCUT2D eigenvalue weighted by molar-refractivity contribution is 6.00. The van der Waals surface area contributed by atoms with Gasteiger partial charge in [0.05, 0.1) is 42.6 Å². The summed E-state index contributed by atoms with van der Waals surface area (Å²) < 4.78 is 7.85. The number of aromatic nitrogens is 4. The third-order valence-corrected chi connectivity index (χ3v) is 10.7. The Morgan fingerprint density at radius 1 is 0.922 bits per heavy atom. The fourth-order valence-corrected chi connectivity index (χ4v) is 8.11. The lowest BCUT2D eigenvalue weighted by Crippen LogP contribution is -2.54. The van der Waals surface area contributed by atoms with Gasteiger partial charge < -0.3 is 25.4 Å². The summed E-state index contributed by atoms with van der Waals surface area (Å²) in [6.07, 6.45) is 9.03. The van der Waals surface area contributed by atoms with Gasteiger partial charge in [0.15, 0.2) is 5.82 Å². The lowest BCUT2D eigenvalue weighted by atomic mass is 9.80. The number of nitrogens with one attached hydrogen (secondary N) is 1. The third kappa shape index (κ3) is 6.35. The third-order valence-electron chi connectivity index (χ3n) is 10.7. The molecule has 0 unspecified atom stereocenters. The molecule has 4 N–H and O–H groups in total. The number of ether oxygens (including phenoxy) is 1. The van der Waals surface area contributed by atoms with Crippen LogP contribution in [0.4, 0.5) is 17.2 Å². The molecule has 264 valence electrons. The van der Waals surface area contributed by atoms with Gasteiger partial charge in [-0.25, -0.2) is 4.68 Å². The summed E-state index contributed by atoms with van der Waals surface area (Å²) in [6, 6.07) is 14.7. The molecule has 5 heterocycles. The van der Waals surface area contributed by atoms with E-state index in [2.05, 4.69) is 36.5 Å². The summed E-state index contributed by atoms with van der Waals surface area (Å²) in [5.41, 5.74) is 10.4. The number of nitrogen functional groups attached to an aromatic ring is 1. The normalized spacial score (nSPS) is 23.0. The van der Waals surface area contributed by atoms with Crippen molar-refractivity contribution in [3.05, 3.63) is 66.5 Å². The number of hydrogen-bond acceptors (Lipinski definition) is 11. The zero-order valence-corrected chi connectivity index (χ0v) is 28.3. The van der Waals surface area contributed by atoms with Gasteiger partial charge in [-0.3, -0.25) is 24.6 Å². The van der Waals surface area contributed by atoms with E-state index in [1.165, 1.54) is 5.56 Å². The average molecular weight is 692 g/mol. The van der Waals surface area contributed by atoms with E-state index in [-0.39, 0.29) is 35.3 Å². The second kappa shape index (κ2) is 13.7. The number of anilines is 3. The Kier molecular flexibility index (Phi) is 8.76. The summed E-state index contributed by atoms with van der Waals surface area (Å²) in [5, 5.41) is 25.6. The Balaban J connectivity index is 0.905. The van der Waals surface area contributed by atoms with Crippen molar-refractivity contribution in [1.82, 2.24) is 30.2 Å². The number of carbonyl (C=O) groups excluding carboxylic acids is 3. The second-order valence-electron chi connectivity index (χ2n) is 13.7. The minimum absolute atomic E-state index is 0.0218. The Morgan fingerprint density at radius 2 is 1.76 bits per heavy atom. The number of rotatable bonds is 6. The molecule has 4 aromatic rings. The van der Waals surface area contributed by atoms with E-state index in [0.717, 1.165) is 43.7 Å². The summed E-state index contributed by atoms with van der Waals surface area (Å²) in [6.45, 7) is 2.74. The predicted molar refractivity (Wildman–Crippen MR) is 190 cm³/mol. The predicted octanol–water partition coefficient (Wildman–Crippen LogP) is 3.39. The molecule has 2 saturated heterocycles. The number of phenols is 1. The zero-order valence-electron chi connectivity index (χ0n) is 28.3. The molecule has 1 saturated carbocycles. The molecule has 0 radical (unpaired) electrons. The van der Waals surface area contributed by atoms with Crippen LogP contribution in [0.15, 0.2) is 60.9 Å². The van der Waals surface area contributed by atoms with Gasteiger partial charge in [0.25, 0.3) is 0 Å². The smallest absolute Gasteiger partial charge is 0.249 e. The summed E-state index contributed by atoms with van der Waals surface area (Å²) in [7, 11) is 0.